The van der Waals surface area contributed by atoms with E-state index in [0.29, 0.717) is 6.04 Å². The zero-order valence-electron chi connectivity index (χ0n) is 11.7. The fraction of sp³-hybridized carbons (Fsp3) is 0.600. The van der Waals surface area contributed by atoms with Gasteiger partial charge >= 0.3 is 0 Å². The molecule has 1 fully saturated rings. The van der Waals surface area contributed by atoms with Crippen LogP contribution in [-0.2, 0) is 19.4 Å². The largest absolute Gasteiger partial charge is 0.344 e. The molecule has 0 spiro atoms. The van der Waals surface area contributed by atoms with Crippen molar-refractivity contribution >= 4 is 0 Å². The smallest absolute Gasteiger partial charge is 0.124 e. The molecule has 5 nitrogen and oxygen atoms in total. The van der Waals surface area contributed by atoms with Gasteiger partial charge in [-0.3, -0.25) is 10.00 Å². The molecule has 2 aliphatic rings. The van der Waals surface area contributed by atoms with E-state index in [2.05, 4.69) is 26.1 Å². The van der Waals surface area contributed by atoms with Crippen LogP contribution in [0.15, 0.2) is 12.3 Å². The van der Waals surface area contributed by atoms with Crippen molar-refractivity contribution < 1.29 is 0 Å². The van der Waals surface area contributed by atoms with Crippen LogP contribution in [0.5, 0.6) is 0 Å². The van der Waals surface area contributed by atoms with Crippen molar-refractivity contribution in [3.8, 4) is 0 Å². The summed E-state index contributed by atoms with van der Waals surface area (Å²) >= 11 is 0. The van der Waals surface area contributed by atoms with E-state index in [9.17, 15) is 0 Å². The van der Waals surface area contributed by atoms with Crippen LogP contribution in [0, 0.1) is 0 Å². The van der Waals surface area contributed by atoms with Crippen molar-refractivity contribution in [1.29, 1.82) is 0 Å². The summed E-state index contributed by atoms with van der Waals surface area (Å²) in [5, 5.41) is 7.10. The molecule has 0 bridgehead atoms. The maximum Gasteiger partial charge on any atom is 0.124 e. The molecule has 2 aromatic rings. The molecule has 4 rings (SSSR count). The fourth-order valence-corrected chi connectivity index (χ4v) is 3.55. The summed E-state index contributed by atoms with van der Waals surface area (Å²) < 4.78 is 0. The van der Waals surface area contributed by atoms with Gasteiger partial charge in [0.25, 0.3) is 0 Å². The van der Waals surface area contributed by atoms with Gasteiger partial charge in [-0.05, 0) is 51.1 Å². The van der Waals surface area contributed by atoms with E-state index >= 15 is 0 Å². The molecule has 2 N–H and O–H groups in total. The van der Waals surface area contributed by atoms with Crippen LogP contribution in [0.25, 0.3) is 0 Å². The van der Waals surface area contributed by atoms with Gasteiger partial charge in [0.15, 0.2) is 0 Å². The number of aromatic amines is 2. The average Bonchev–Trinajstić information content (AvgIpc) is 3.18. The molecule has 0 radical (unpaired) electrons. The van der Waals surface area contributed by atoms with E-state index in [1.54, 1.807) is 0 Å². The van der Waals surface area contributed by atoms with Gasteiger partial charge in [-0.15, -0.1) is 0 Å². The molecule has 1 aliphatic heterocycles. The van der Waals surface area contributed by atoms with E-state index in [1.165, 1.54) is 55.0 Å². The Labute approximate surface area is 118 Å². The van der Waals surface area contributed by atoms with Gasteiger partial charge in [0.1, 0.15) is 5.82 Å². The molecule has 1 aliphatic carbocycles. The van der Waals surface area contributed by atoms with Gasteiger partial charge in [0, 0.05) is 24.1 Å². The number of H-pyrrole nitrogens is 2. The van der Waals surface area contributed by atoms with Crippen molar-refractivity contribution in [1.82, 2.24) is 25.1 Å². The number of hydrogen-bond donors (Lipinski definition) is 2. The van der Waals surface area contributed by atoms with Crippen molar-refractivity contribution in [2.75, 3.05) is 6.54 Å². The number of aromatic nitrogens is 4. The Morgan fingerprint density at radius 3 is 3.05 bits per heavy atom. The summed E-state index contributed by atoms with van der Waals surface area (Å²) in [4.78, 5) is 11.0. The van der Waals surface area contributed by atoms with Crippen LogP contribution in [0.3, 0.4) is 0 Å². The van der Waals surface area contributed by atoms with Crippen molar-refractivity contribution in [3.05, 3.63) is 35.2 Å². The summed E-state index contributed by atoms with van der Waals surface area (Å²) in [6.45, 7) is 2.09. The van der Waals surface area contributed by atoms with Crippen LogP contribution in [0.1, 0.15) is 54.6 Å². The quantitative estimate of drug-likeness (QED) is 0.901. The molecule has 1 saturated heterocycles. The van der Waals surface area contributed by atoms with Crippen molar-refractivity contribution in [3.63, 3.8) is 0 Å². The van der Waals surface area contributed by atoms with Gasteiger partial charge in [-0.1, -0.05) is 0 Å². The van der Waals surface area contributed by atoms with Gasteiger partial charge in [-0.2, -0.15) is 5.10 Å². The highest BCUT2D eigenvalue weighted by Crippen LogP contribution is 2.33. The lowest BCUT2D eigenvalue weighted by atomic mass is 10.0. The number of hydrogen-bond acceptors (Lipinski definition) is 3. The van der Waals surface area contributed by atoms with Crippen LogP contribution < -0.4 is 0 Å². The minimum Gasteiger partial charge on any atom is -0.344 e. The van der Waals surface area contributed by atoms with Gasteiger partial charge in [-0.25, -0.2) is 4.98 Å². The minimum absolute atomic E-state index is 0.448. The number of nitrogens with zero attached hydrogens (tertiary/aromatic N) is 3. The number of likely N-dealkylation sites (tertiary alicyclic amines) is 1. The lowest BCUT2D eigenvalue weighted by Crippen LogP contribution is -2.23. The molecule has 0 saturated carbocycles. The maximum atomic E-state index is 4.89. The molecule has 20 heavy (non-hydrogen) atoms. The molecule has 0 aromatic carbocycles. The number of imidazole rings is 1. The topological polar surface area (TPSA) is 60.6 Å². The highest BCUT2D eigenvalue weighted by Gasteiger charge is 2.29. The second-order valence-electron chi connectivity index (χ2n) is 5.96. The Morgan fingerprint density at radius 1 is 1.25 bits per heavy atom. The van der Waals surface area contributed by atoms with Crippen molar-refractivity contribution in [2.45, 2.75) is 51.1 Å². The molecule has 0 amide bonds. The summed E-state index contributed by atoms with van der Waals surface area (Å²) in [6, 6.07) is 2.51. The first-order valence-electron chi connectivity index (χ1n) is 7.70. The predicted molar refractivity (Wildman–Crippen MR) is 76.2 cm³/mol. The summed E-state index contributed by atoms with van der Waals surface area (Å²) in [7, 11) is 0. The second kappa shape index (κ2) is 5.05. The summed E-state index contributed by atoms with van der Waals surface area (Å²) in [6.07, 6.45) is 9.21. The van der Waals surface area contributed by atoms with Crippen LogP contribution in [0.2, 0.25) is 0 Å². The van der Waals surface area contributed by atoms with Gasteiger partial charge in [0.05, 0.1) is 11.7 Å². The van der Waals surface area contributed by atoms with Crippen molar-refractivity contribution in [2.24, 2.45) is 0 Å². The van der Waals surface area contributed by atoms with Crippen LogP contribution in [0.4, 0.5) is 0 Å². The van der Waals surface area contributed by atoms with E-state index < -0.39 is 0 Å². The SMILES string of the molecule is c1cc(CN2CCC[C@@H]2c2nc3c([nH]2)CCCC3)[nH]n1. The first-order chi connectivity index (χ1) is 9.90. The number of fused-ring (bicyclic) bond motifs is 1. The predicted octanol–water partition coefficient (Wildman–Crippen LogP) is 2.35. The Hall–Kier alpha value is -1.62. The third-order valence-corrected chi connectivity index (χ3v) is 4.58. The van der Waals surface area contributed by atoms with E-state index in [0.717, 1.165) is 19.5 Å². The molecular formula is C15H21N5. The second-order valence-corrected chi connectivity index (χ2v) is 5.96. The number of aryl methyl sites for hydroxylation is 2. The zero-order chi connectivity index (χ0) is 13.4. The fourth-order valence-electron chi connectivity index (χ4n) is 3.55. The average molecular weight is 271 g/mol. The van der Waals surface area contributed by atoms with E-state index in [1.807, 2.05) is 6.20 Å². The first kappa shape index (κ1) is 12.1. The summed E-state index contributed by atoms with van der Waals surface area (Å²) in [5.74, 6) is 1.19. The standard InChI is InChI=1S/C15H21N5/c1-2-5-13-12(4-1)17-15(18-13)14-6-3-9-20(14)10-11-7-8-16-19-11/h7-8,14H,1-6,9-10H2,(H,16,19)(H,17,18)/t14-/m1/s1. The number of nitrogens with one attached hydrogen (secondary N) is 2. The third-order valence-electron chi connectivity index (χ3n) is 4.58. The highest BCUT2D eigenvalue weighted by molar-refractivity contribution is 5.19. The maximum absolute atomic E-state index is 4.89. The first-order valence-corrected chi connectivity index (χ1v) is 7.70. The Morgan fingerprint density at radius 2 is 2.20 bits per heavy atom. The van der Waals surface area contributed by atoms with E-state index in [-0.39, 0.29) is 0 Å². The molecule has 1 atom stereocenters. The molecule has 3 heterocycles. The normalized spacial score (nSPS) is 23.1. The molecule has 106 valence electrons. The van der Waals surface area contributed by atoms with Crippen LogP contribution in [-0.4, -0.2) is 31.6 Å². The molecular weight excluding hydrogens is 250 g/mol. The zero-order valence-corrected chi connectivity index (χ0v) is 11.7. The lowest BCUT2D eigenvalue weighted by molar-refractivity contribution is 0.237. The van der Waals surface area contributed by atoms with Gasteiger partial charge in [0.2, 0.25) is 0 Å². The monoisotopic (exact) mass is 271 g/mol. The third kappa shape index (κ3) is 2.16. The Kier molecular flexibility index (Phi) is 3.07. The Balaban J connectivity index is 1.55. The highest BCUT2D eigenvalue weighted by atomic mass is 15.2. The molecule has 0 unspecified atom stereocenters. The lowest BCUT2D eigenvalue weighted by Gasteiger charge is -2.21. The van der Waals surface area contributed by atoms with Crippen LogP contribution >= 0.6 is 0 Å². The molecule has 2 aromatic heterocycles. The minimum atomic E-state index is 0.448. The van der Waals surface area contributed by atoms with Gasteiger partial charge < -0.3 is 4.98 Å². The summed E-state index contributed by atoms with van der Waals surface area (Å²) in [5.41, 5.74) is 3.90. The van der Waals surface area contributed by atoms with E-state index in [4.69, 9.17) is 4.98 Å². The molecule has 5 heteroatoms. The Bertz CT molecular complexity index is 548. The number of rotatable bonds is 3.